The number of benzene rings is 1. The van der Waals surface area contributed by atoms with Crippen LogP contribution in [0.25, 0.3) is 10.9 Å². The van der Waals surface area contributed by atoms with Crippen molar-refractivity contribution in [3.63, 3.8) is 0 Å². The monoisotopic (exact) mass is 404 g/mol. The van der Waals surface area contributed by atoms with Gasteiger partial charge in [-0.2, -0.15) is 0 Å². The van der Waals surface area contributed by atoms with Crippen molar-refractivity contribution in [3.05, 3.63) is 34.2 Å². The van der Waals surface area contributed by atoms with Gasteiger partial charge < -0.3 is 9.88 Å². The van der Waals surface area contributed by atoms with Crippen molar-refractivity contribution < 1.29 is 17.6 Å². The van der Waals surface area contributed by atoms with E-state index in [-0.39, 0.29) is 11.6 Å². The third-order valence-electron chi connectivity index (χ3n) is 4.17. The third-order valence-corrected chi connectivity index (χ3v) is 6.37. The number of carbonyl (C=O) groups is 1. The van der Waals surface area contributed by atoms with Gasteiger partial charge in [-0.25, -0.2) is 12.8 Å². The standard InChI is InChI=1S/C15H18BrFN2O3S/c1-8(9(2)23(4,21)22)19(3)15(20)14-7-11-12(17)5-10(16)6-13(11)18-14/h5-9,18H,1-4H3/t8-,9+/m0/s1. The van der Waals surface area contributed by atoms with E-state index >= 15 is 0 Å². The van der Waals surface area contributed by atoms with Crippen LogP contribution in [0.15, 0.2) is 22.7 Å². The lowest BCUT2D eigenvalue weighted by Gasteiger charge is -2.28. The van der Waals surface area contributed by atoms with Gasteiger partial charge in [0.25, 0.3) is 5.91 Å². The van der Waals surface area contributed by atoms with Gasteiger partial charge in [0.15, 0.2) is 9.84 Å². The fourth-order valence-electron chi connectivity index (χ4n) is 2.32. The molecule has 8 heteroatoms. The fraction of sp³-hybridized carbons (Fsp3) is 0.400. The maximum Gasteiger partial charge on any atom is 0.270 e. The molecule has 0 unspecified atom stereocenters. The topological polar surface area (TPSA) is 70.2 Å². The van der Waals surface area contributed by atoms with Crippen LogP contribution in [0.5, 0.6) is 0 Å². The zero-order valence-electron chi connectivity index (χ0n) is 13.2. The van der Waals surface area contributed by atoms with Gasteiger partial charge in [0.2, 0.25) is 0 Å². The smallest absolute Gasteiger partial charge is 0.270 e. The van der Waals surface area contributed by atoms with E-state index in [2.05, 4.69) is 20.9 Å². The van der Waals surface area contributed by atoms with Crippen molar-refractivity contribution in [2.24, 2.45) is 0 Å². The summed E-state index contributed by atoms with van der Waals surface area (Å²) in [7, 11) is -1.74. The maximum absolute atomic E-state index is 13.9. The summed E-state index contributed by atoms with van der Waals surface area (Å²) in [6, 6.07) is 3.93. The van der Waals surface area contributed by atoms with Crippen LogP contribution in [-0.2, 0) is 9.84 Å². The van der Waals surface area contributed by atoms with Crippen molar-refractivity contribution in [2.75, 3.05) is 13.3 Å². The number of aromatic amines is 1. The first-order valence-corrected chi connectivity index (χ1v) is 9.71. The predicted octanol–water partition coefficient (Wildman–Crippen LogP) is 2.96. The van der Waals surface area contributed by atoms with Gasteiger partial charge >= 0.3 is 0 Å². The highest BCUT2D eigenvalue weighted by molar-refractivity contribution is 9.10. The number of hydrogen-bond acceptors (Lipinski definition) is 3. The second-order valence-corrected chi connectivity index (χ2v) is 9.04. The number of amides is 1. The Bertz CT molecular complexity index is 863. The number of hydrogen-bond donors (Lipinski definition) is 1. The van der Waals surface area contributed by atoms with Crippen LogP contribution in [0.1, 0.15) is 24.3 Å². The number of carbonyl (C=O) groups excluding carboxylic acids is 1. The molecule has 0 bridgehead atoms. The molecule has 1 amide bonds. The predicted molar refractivity (Wildman–Crippen MR) is 91.8 cm³/mol. The van der Waals surface area contributed by atoms with Crippen LogP contribution >= 0.6 is 15.9 Å². The first-order chi connectivity index (χ1) is 10.5. The Morgan fingerprint density at radius 3 is 2.48 bits per heavy atom. The van der Waals surface area contributed by atoms with E-state index in [0.717, 1.165) is 6.26 Å². The van der Waals surface area contributed by atoms with Crippen molar-refractivity contribution in [1.82, 2.24) is 9.88 Å². The average molecular weight is 405 g/mol. The molecule has 0 aliphatic rings. The van der Waals surface area contributed by atoms with E-state index in [9.17, 15) is 17.6 Å². The maximum atomic E-state index is 13.9. The molecule has 0 radical (unpaired) electrons. The van der Waals surface area contributed by atoms with E-state index in [1.807, 2.05) is 0 Å². The molecule has 0 aliphatic carbocycles. The van der Waals surface area contributed by atoms with Crippen LogP contribution in [0.4, 0.5) is 4.39 Å². The van der Waals surface area contributed by atoms with Gasteiger partial charge in [-0.15, -0.1) is 0 Å². The van der Waals surface area contributed by atoms with Crippen LogP contribution in [-0.4, -0.2) is 48.8 Å². The Morgan fingerprint density at radius 2 is 1.91 bits per heavy atom. The van der Waals surface area contributed by atoms with Gasteiger partial charge in [-0.3, -0.25) is 4.79 Å². The molecule has 1 N–H and O–H groups in total. The van der Waals surface area contributed by atoms with Gasteiger partial charge in [0.1, 0.15) is 11.5 Å². The second kappa shape index (κ2) is 6.24. The van der Waals surface area contributed by atoms with Crippen LogP contribution in [0, 0.1) is 5.82 Å². The molecule has 1 heterocycles. The molecule has 2 atom stereocenters. The second-order valence-electron chi connectivity index (χ2n) is 5.72. The first-order valence-electron chi connectivity index (χ1n) is 6.96. The summed E-state index contributed by atoms with van der Waals surface area (Å²) < 4.78 is 37.8. The Kier molecular flexibility index (Phi) is 4.86. The molecule has 0 fully saturated rings. The van der Waals surface area contributed by atoms with Crippen molar-refractivity contribution in [2.45, 2.75) is 25.1 Å². The molecule has 2 rings (SSSR count). The minimum Gasteiger partial charge on any atom is -0.350 e. The number of fused-ring (bicyclic) bond motifs is 1. The third kappa shape index (κ3) is 3.58. The minimum absolute atomic E-state index is 0.215. The van der Waals surface area contributed by atoms with Gasteiger partial charge in [0.05, 0.1) is 10.8 Å². The lowest BCUT2D eigenvalue weighted by molar-refractivity contribution is 0.0738. The van der Waals surface area contributed by atoms with Crippen LogP contribution in [0.2, 0.25) is 0 Å². The number of nitrogens with one attached hydrogen (secondary N) is 1. The molecule has 1 aromatic heterocycles. The van der Waals surface area contributed by atoms with Crippen molar-refractivity contribution in [1.29, 1.82) is 0 Å². The normalized spacial score (nSPS) is 14.7. The summed E-state index contributed by atoms with van der Waals surface area (Å²) in [6.45, 7) is 3.23. The SMILES string of the molecule is C[C@H]([C@H](C)N(C)C(=O)c1cc2c(F)cc(Br)cc2[nH]1)S(C)(=O)=O. The van der Waals surface area contributed by atoms with E-state index in [0.29, 0.717) is 15.4 Å². The van der Waals surface area contributed by atoms with E-state index in [4.69, 9.17) is 0 Å². The van der Waals surface area contributed by atoms with Crippen LogP contribution < -0.4 is 0 Å². The quantitative estimate of drug-likeness (QED) is 0.851. The highest BCUT2D eigenvalue weighted by Crippen LogP contribution is 2.25. The first kappa shape index (κ1) is 17.9. The zero-order chi connectivity index (χ0) is 17.5. The number of aromatic nitrogens is 1. The zero-order valence-corrected chi connectivity index (χ0v) is 15.6. The van der Waals surface area contributed by atoms with E-state index in [1.54, 1.807) is 19.9 Å². The highest BCUT2D eigenvalue weighted by atomic mass is 79.9. The summed E-state index contributed by atoms with van der Waals surface area (Å²) in [5.41, 5.74) is 0.712. The average Bonchev–Trinajstić information content (AvgIpc) is 2.87. The fourth-order valence-corrected chi connectivity index (χ4v) is 3.65. The van der Waals surface area contributed by atoms with Crippen LogP contribution in [0.3, 0.4) is 0 Å². The van der Waals surface area contributed by atoms with Gasteiger partial charge in [-0.05, 0) is 32.0 Å². The largest absolute Gasteiger partial charge is 0.350 e. The number of H-pyrrole nitrogens is 1. The molecule has 0 saturated heterocycles. The Balaban J connectivity index is 2.35. The molecule has 0 aliphatic heterocycles. The van der Waals surface area contributed by atoms with E-state index < -0.39 is 26.9 Å². The summed E-state index contributed by atoms with van der Waals surface area (Å²) >= 11 is 3.20. The molecule has 2 aromatic rings. The van der Waals surface area contributed by atoms with Gasteiger partial charge in [-0.1, -0.05) is 15.9 Å². The lowest BCUT2D eigenvalue weighted by Crippen LogP contribution is -2.44. The molecule has 126 valence electrons. The summed E-state index contributed by atoms with van der Waals surface area (Å²) in [5.74, 6) is -0.829. The molecule has 5 nitrogen and oxygen atoms in total. The van der Waals surface area contributed by atoms with E-state index in [1.165, 1.54) is 24.1 Å². The van der Waals surface area contributed by atoms with Crippen molar-refractivity contribution >= 4 is 42.6 Å². The summed E-state index contributed by atoms with van der Waals surface area (Å²) in [6.07, 6.45) is 1.14. The Labute approximate surface area is 142 Å². The number of halogens is 2. The molecule has 23 heavy (non-hydrogen) atoms. The number of rotatable bonds is 4. The summed E-state index contributed by atoms with van der Waals surface area (Å²) in [5, 5.41) is -0.388. The molecular weight excluding hydrogens is 387 g/mol. The lowest BCUT2D eigenvalue weighted by atomic mass is 10.2. The minimum atomic E-state index is -3.27. The van der Waals surface area contributed by atoms with Crippen molar-refractivity contribution in [3.8, 4) is 0 Å². The Morgan fingerprint density at radius 1 is 1.30 bits per heavy atom. The van der Waals surface area contributed by atoms with Gasteiger partial charge in [0, 0.05) is 29.2 Å². The molecule has 1 aromatic carbocycles. The number of sulfone groups is 1. The Hall–Kier alpha value is -1.41. The molecular formula is C15H18BrFN2O3S. The summed E-state index contributed by atoms with van der Waals surface area (Å²) in [4.78, 5) is 16.8. The highest BCUT2D eigenvalue weighted by Gasteiger charge is 2.29. The number of nitrogens with zero attached hydrogens (tertiary/aromatic N) is 1. The molecule has 0 spiro atoms. The molecule has 0 saturated carbocycles.